The highest BCUT2D eigenvalue weighted by molar-refractivity contribution is 9.10. The summed E-state index contributed by atoms with van der Waals surface area (Å²) in [6.45, 7) is 2.61. The van der Waals surface area contributed by atoms with Gasteiger partial charge in [-0.15, -0.1) is 11.8 Å². The van der Waals surface area contributed by atoms with Crippen LogP contribution in [-0.4, -0.2) is 31.3 Å². The lowest BCUT2D eigenvalue weighted by molar-refractivity contribution is -0.124. The fourth-order valence-corrected chi connectivity index (χ4v) is 3.78. The molecule has 110 valence electrons. The van der Waals surface area contributed by atoms with Gasteiger partial charge in [-0.3, -0.25) is 4.79 Å². The Balaban J connectivity index is 1.53. The first kappa shape index (κ1) is 15.9. The Morgan fingerprint density at radius 3 is 3.00 bits per heavy atom. The number of halogens is 1. The van der Waals surface area contributed by atoms with Gasteiger partial charge in [0.1, 0.15) is 0 Å². The van der Waals surface area contributed by atoms with Gasteiger partial charge in [-0.2, -0.15) is 0 Å². The van der Waals surface area contributed by atoms with Crippen LogP contribution >= 0.6 is 27.7 Å². The van der Waals surface area contributed by atoms with E-state index in [-0.39, 0.29) is 11.8 Å². The Morgan fingerprint density at radius 2 is 2.25 bits per heavy atom. The zero-order chi connectivity index (χ0) is 14.2. The number of hydrogen-bond donors (Lipinski definition) is 2. The maximum absolute atomic E-state index is 11.8. The van der Waals surface area contributed by atoms with Gasteiger partial charge in [0.05, 0.1) is 5.92 Å². The van der Waals surface area contributed by atoms with Crippen LogP contribution in [0.2, 0.25) is 0 Å². The monoisotopic (exact) mass is 356 g/mol. The van der Waals surface area contributed by atoms with Gasteiger partial charge in [-0.25, -0.2) is 0 Å². The van der Waals surface area contributed by atoms with E-state index in [1.165, 1.54) is 4.90 Å². The van der Waals surface area contributed by atoms with Crippen molar-refractivity contribution >= 4 is 33.6 Å². The molecule has 1 aliphatic rings. The average Bonchev–Trinajstić information content (AvgIpc) is 2.98. The molecular formula is C15H21BrN2OS. The molecule has 1 fully saturated rings. The molecule has 2 N–H and O–H groups in total. The summed E-state index contributed by atoms with van der Waals surface area (Å²) in [5.74, 6) is 1.49. The van der Waals surface area contributed by atoms with Gasteiger partial charge in [0, 0.05) is 22.5 Å². The molecule has 0 radical (unpaired) electrons. The minimum Gasteiger partial charge on any atom is -0.356 e. The van der Waals surface area contributed by atoms with E-state index < -0.39 is 0 Å². The topological polar surface area (TPSA) is 41.1 Å². The molecule has 1 aromatic carbocycles. The van der Waals surface area contributed by atoms with E-state index in [2.05, 4.69) is 44.8 Å². The van der Waals surface area contributed by atoms with Crippen molar-refractivity contribution in [3.63, 3.8) is 0 Å². The van der Waals surface area contributed by atoms with Crippen LogP contribution in [0.4, 0.5) is 0 Å². The highest BCUT2D eigenvalue weighted by Gasteiger charge is 2.21. The number of carbonyl (C=O) groups excluding carboxylic acids is 1. The number of thioether (sulfide) groups is 1. The molecule has 2 rings (SSSR count). The molecule has 1 atom stereocenters. The Kier molecular flexibility index (Phi) is 6.90. The van der Waals surface area contributed by atoms with E-state index in [0.29, 0.717) is 0 Å². The molecule has 0 aromatic heterocycles. The lowest BCUT2D eigenvalue weighted by Crippen LogP contribution is -2.32. The van der Waals surface area contributed by atoms with E-state index in [1.54, 1.807) is 0 Å². The summed E-state index contributed by atoms with van der Waals surface area (Å²) in [5, 5.41) is 6.26. The molecule has 0 spiro atoms. The second-order valence-electron chi connectivity index (χ2n) is 4.97. The van der Waals surface area contributed by atoms with Crippen molar-refractivity contribution in [3.05, 3.63) is 28.7 Å². The number of hydrogen-bond acceptors (Lipinski definition) is 3. The van der Waals surface area contributed by atoms with Gasteiger partial charge in [-0.05, 0) is 59.6 Å². The van der Waals surface area contributed by atoms with Gasteiger partial charge in [-0.1, -0.05) is 12.1 Å². The van der Waals surface area contributed by atoms with Crippen molar-refractivity contribution in [2.75, 3.05) is 25.4 Å². The standard InChI is InChI=1S/C15H21BrN2OS/c16-13-5-1-2-6-14(13)20-10-4-3-8-18-15(19)12-7-9-17-11-12/h1-2,5-6,12,17H,3-4,7-11H2,(H,18,19). The molecular weight excluding hydrogens is 336 g/mol. The summed E-state index contributed by atoms with van der Waals surface area (Å²) in [6, 6.07) is 8.28. The third kappa shape index (κ3) is 5.11. The van der Waals surface area contributed by atoms with Crippen LogP contribution in [-0.2, 0) is 4.79 Å². The zero-order valence-electron chi connectivity index (χ0n) is 11.5. The minimum absolute atomic E-state index is 0.185. The maximum atomic E-state index is 11.8. The van der Waals surface area contributed by atoms with Crippen molar-refractivity contribution in [1.29, 1.82) is 0 Å². The van der Waals surface area contributed by atoms with Gasteiger partial charge in [0.15, 0.2) is 0 Å². The smallest absolute Gasteiger partial charge is 0.224 e. The second kappa shape index (κ2) is 8.70. The van der Waals surface area contributed by atoms with Crippen LogP contribution in [0.3, 0.4) is 0 Å². The molecule has 0 aliphatic carbocycles. The predicted octanol–water partition coefficient (Wildman–Crippen LogP) is 3.05. The van der Waals surface area contributed by atoms with Crippen molar-refractivity contribution in [3.8, 4) is 0 Å². The second-order valence-corrected chi connectivity index (χ2v) is 6.96. The molecule has 1 heterocycles. The lowest BCUT2D eigenvalue weighted by atomic mass is 10.1. The van der Waals surface area contributed by atoms with Crippen LogP contribution in [0.15, 0.2) is 33.6 Å². The molecule has 0 bridgehead atoms. The quantitative estimate of drug-likeness (QED) is 0.582. The first-order chi connectivity index (χ1) is 9.77. The number of rotatable bonds is 7. The lowest BCUT2D eigenvalue weighted by Gasteiger charge is -2.09. The van der Waals surface area contributed by atoms with Gasteiger partial charge >= 0.3 is 0 Å². The van der Waals surface area contributed by atoms with E-state index in [9.17, 15) is 4.79 Å². The summed E-state index contributed by atoms with van der Waals surface area (Å²) in [5.41, 5.74) is 0. The van der Waals surface area contributed by atoms with Gasteiger partial charge in [0.2, 0.25) is 5.91 Å². The Labute approximate surface area is 133 Å². The summed E-state index contributed by atoms with van der Waals surface area (Å²) in [7, 11) is 0. The van der Waals surface area contributed by atoms with Crippen LogP contribution in [0.5, 0.6) is 0 Å². The Hall–Kier alpha value is -0.520. The normalized spacial score (nSPS) is 18.1. The summed E-state index contributed by atoms with van der Waals surface area (Å²) >= 11 is 5.41. The van der Waals surface area contributed by atoms with E-state index in [4.69, 9.17) is 0 Å². The molecule has 3 nitrogen and oxygen atoms in total. The van der Waals surface area contributed by atoms with E-state index in [0.717, 1.165) is 49.1 Å². The van der Waals surface area contributed by atoms with E-state index >= 15 is 0 Å². The SMILES string of the molecule is O=C(NCCCCSc1ccccc1Br)C1CCNC1. The van der Waals surface area contributed by atoms with Crippen LogP contribution in [0, 0.1) is 5.92 Å². The third-order valence-electron chi connectivity index (χ3n) is 3.40. The van der Waals surface area contributed by atoms with Crippen LogP contribution in [0.25, 0.3) is 0 Å². The fourth-order valence-electron chi connectivity index (χ4n) is 2.21. The first-order valence-electron chi connectivity index (χ1n) is 7.13. The molecule has 5 heteroatoms. The molecule has 1 amide bonds. The highest BCUT2D eigenvalue weighted by Crippen LogP contribution is 2.27. The number of carbonyl (C=O) groups is 1. The predicted molar refractivity (Wildman–Crippen MR) is 88.1 cm³/mol. The summed E-state index contributed by atoms with van der Waals surface area (Å²) < 4.78 is 1.16. The average molecular weight is 357 g/mol. The summed E-state index contributed by atoms with van der Waals surface area (Å²) in [4.78, 5) is 13.1. The van der Waals surface area contributed by atoms with Crippen molar-refractivity contribution in [1.82, 2.24) is 10.6 Å². The summed E-state index contributed by atoms with van der Waals surface area (Å²) in [6.07, 6.45) is 3.14. The third-order valence-corrected chi connectivity index (χ3v) is 5.51. The molecule has 1 saturated heterocycles. The van der Waals surface area contributed by atoms with Gasteiger partial charge < -0.3 is 10.6 Å². The van der Waals surface area contributed by atoms with Crippen LogP contribution < -0.4 is 10.6 Å². The van der Waals surface area contributed by atoms with Gasteiger partial charge in [0.25, 0.3) is 0 Å². The molecule has 1 unspecified atom stereocenters. The molecule has 20 heavy (non-hydrogen) atoms. The first-order valence-corrected chi connectivity index (χ1v) is 8.91. The van der Waals surface area contributed by atoms with Crippen LogP contribution in [0.1, 0.15) is 19.3 Å². The number of benzene rings is 1. The minimum atomic E-state index is 0.185. The molecule has 1 aromatic rings. The van der Waals surface area contributed by atoms with E-state index in [1.807, 2.05) is 17.8 Å². The molecule has 1 aliphatic heterocycles. The number of nitrogens with one attached hydrogen (secondary N) is 2. The zero-order valence-corrected chi connectivity index (χ0v) is 13.9. The van der Waals surface area contributed by atoms with Crippen molar-refractivity contribution < 1.29 is 4.79 Å². The highest BCUT2D eigenvalue weighted by atomic mass is 79.9. The molecule has 0 saturated carbocycles. The largest absolute Gasteiger partial charge is 0.356 e. The number of amides is 1. The van der Waals surface area contributed by atoms with Crippen molar-refractivity contribution in [2.45, 2.75) is 24.2 Å². The van der Waals surface area contributed by atoms with Crippen molar-refractivity contribution in [2.24, 2.45) is 5.92 Å². The maximum Gasteiger partial charge on any atom is 0.224 e. The Morgan fingerprint density at radius 1 is 1.40 bits per heavy atom. The number of unbranched alkanes of at least 4 members (excludes halogenated alkanes) is 1. The fraction of sp³-hybridized carbons (Fsp3) is 0.533. The Bertz CT molecular complexity index is 436.